The molecule has 0 radical (unpaired) electrons. The van der Waals surface area contributed by atoms with Crippen molar-refractivity contribution in [1.29, 1.82) is 5.26 Å². The van der Waals surface area contributed by atoms with E-state index in [2.05, 4.69) is 15.5 Å². The van der Waals surface area contributed by atoms with E-state index in [-0.39, 0.29) is 17.2 Å². The second-order valence-corrected chi connectivity index (χ2v) is 7.22. The van der Waals surface area contributed by atoms with Gasteiger partial charge in [0, 0.05) is 6.42 Å². The highest BCUT2D eigenvalue weighted by atomic mass is 32.2. The van der Waals surface area contributed by atoms with Crippen molar-refractivity contribution in [2.45, 2.75) is 44.6 Å². The maximum Gasteiger partial charge on any atom is 0.431 e. The maximum absolute atomic E-state index is 13.2. The number of nitrogens with one attached hydrogen (secondary N) is 1. The summed E-state index contributed by atoms with van der Waals surface area (Å²) < 4.78 is 78.5. The van der Waals surface area contributed by atoms with Gasteiger partial charge in [0.1, 0.15) is 16.3 Å². The van der Waals surface area contributed by atoms with Crippen LogP contribution in [0, 0.1) is 11.3 Å². The zero-order valence-electron chi connectivity index (χ0n) is 14.9. The summed E-state index contributed by atoms with van der Waals surface area (Å²) in [6.07, 6.45) is -9.63. The van der Waals surface area contributed by atoms with Crippen molar-refractivity contribution >= 4 is 28.2 Å². The first kappa shape index (κ1) is 22.1. The van der Waals surface area contributed by atoms with Crippen LogP contribution in [0.1, 0.15) is 37.8 Å². The fourth-order valence-corrected chi connectivity index (χ4v) is 3.63. The summed E-state index contributed by atoms with van der Waals surface area (Å²) in [5, 5.41) is 12.5. The van der Waals surface area contributed by atoms with Gasteiger partial charge in [-0.3, -0.25) is 5.43 Å². The molecule has 1 atom stereocenters. The third-order valence-corrected chi connectivity index (χ3v) is 5.20. The number of hydrazone groups is 1. The number of rotatable bonds is 4. The Kier molecular flexibility index (Phi) is 6.33. The minimum Gasteiger partial charge on any atom is -0.297 e. The molecule has 0 fully saturated rings. The zero-order valence-corrected chi connectivity index (χ0v) is 15.7. The van der Waals surface area contributed by atoms with E-state index in [1.807, 2.05) is 0 Å². The molecule has 1 aromatic carbocycles. The predicted molar refractivity (Wildman–Crippen MR) is 95.7 cm³/mol. The Bertz CT molecular complexity index is 838. The van der Waals surface area contributed by atoms with Gasteiger partial charge < -0.3 is 0 Å². The van der Waals surface area contributed by atoms with E-state index in [4.69, 9.17) is 5.26 Å². The number of nitriles is 1. The van der Waals surface area contributed by atoms with Crippen LogP contribution in [0.25, 0.3) is 0 Å². The number of aliphatic imine (C=N–C) groups is 1. The van der Waals surface area contributed by atoms with E-state index >= 15 is 0 Å². The summed E-state index contributed by atoms with van der Waals surface area (Å²) in [4.78, 5) is 4.21. The molecule has 0 spiro atoms. The Balaban J connectivity index is 2.49. The van der Waals surface area contributed by atoms with E-state index in [1.165, 1.54) is 12.1 Å². The Morgan fingerprint density at radius 1 is 1.25 bits per heavy atom. The number of halogens is 6. The van der Waals surface area contributed by atoms with Gasteiger partial charge in [0.15, 0.2) is 0 Å². The quantitative estimate of drug-likeness (QED) is 0.400. The van der Waals surface area contributed by atoms with Crippen molar-refractivity contribution in [3.63, 3.8) is 0 Å². The molecule has 28 heavy (non-hydrogen) atoms. The van der Waals surface area contributed by atoms with Crippen LogP contribution in [0.5, 0.6) is 0 Å². The summed E-state index contributed by atoms with van der Waals surface area (Å²) in [5.74, 6) is 0.450. The first-order valence-corrected chi connectivity index (χ1v) is 9.19. The fraction of sp³-hybridized carbons (Fsp3) is 0.471. The molecule has 152 valence electrons. The second-order valence-electron chi connectivity index (χ2n) is 5.97. The maximum atomic E-state index is 13.2. The molecule has 0 aromatic heterocycles. The lowest BCUT2D eigenvalue weighted by Gasteiger charge is -2.29. The van der Waals surface area contributed by atoms with Crippen LogP contribution in [0.3, 0.4) is 0 Å². The smallest absolute Gasteiger partial charge is 0.297 e. The zero-order chi connectivity index (χ0) is 21.2. The summed E-state index contributed by atoms with van der Waals surface area (Å²) in [5.41, 5.74) is -1.55. The van der Waals surface area contributed by atoms with Gasteiger partial charge in [0.05, 0.1) is 22.9 Å². The van der Waals surface area contributed by atoms with Crippen molar-refractivity contribution in [3.05, 3.63) is 29.3 Å². The van der Waals surface area contributed by atoms with Gasteiger partial charge in [0.2, 0.25) is 0 Å². The summed E-state index contributed by atoms with van der Waals surface area (Å²) in [7, 11) is 0. The van der Waals surface area contributed by atoms with Gasteiger partial charge in [-0.05, 0) is 30.4 Å². The topological polar surface area (TPSA) is 60.5 Å². The van der Waals surface area contributed by atoms with Crippen LogP contribution in [-0.2, 0) is 6.18 Å². The predicted octanol–water partition coefficient (Wildman–Crippen LogP) is 5.42. The molecule has 1 aromatic rings. The van der Waals surface area contributed by atoms with Crippen molar-refractivity contribution in [3.8, 4) is 6.07 Å². The Morgan fingerprint density at radius 2 is 1.93 bits per heavy atom. The molecule has 1 unspecified atom stereocenters. The first-order valence-electron chi connectivity index (χ1n) is 8.21. The molecule has 1 aliphatic rings. The fourth-order valence-electron chi connectivity index (χ4n) is 2.65. The van der Waals surface area contributed by atoms with Gasteiger partial charge >= 0.3 is 12.4 Å². The number of benzene rings is 1. The molecule has 0 aliphatic carbocycles. The molecule has 1 N–H and O–H groups in total. The van der Waals surface area contributed by atoms with Crippen molar-refractivity contribution < 1.29 is 26.3 Å². The lowest BCUT2D eigenvalue weighted by Crippen LogP contribution is -2.46. The van der Waals surface area contributed by atoms with Crippen LogP contribution >= 0.6 is 11.8 Å². The molecule has 0 saturated heterocycles. The van der Waals surface area contributed by atoms with E-state index in [0.717, 1.165) is 23.9 Å². The summed E-state index contributed by atoms with van der Waals surface area (Å²) in [6, 6.07) is 4.42. The average molecular weight is 422 g/mol. The Morgan fingerprint density at radius 3 is 2.39 bits per heavy atom. The largest absolute Gasteiger partial charge is 0.431 e. The lowest BCUT2D eigenvalue weighted by molar-refractivity contribution is -0.137. The highest BCUT2D eigenvalue weighted by Gasteiger charge is 2.48. The molecule has 1 heterocycles. The highest BCUT2D eigenvalue weighted by Crippen LogP contribution is 2.37. The molecule has 0 saturated carbocycles. The van der Waals surface area contributed by atoms with E-state index in [0.29, 0.717) is 5.75 Å². The monoisotopic (exact) mass is 422 g/mol. The average Bonchev–Trinajstić information content (AvgIpc) is 3.07. The van der Waals surface area contributed by atoms with E-state index in [1.54, 1.807) is 13.8 Å². The van der Waals surface area contributed by atoms with Gasteiger partial charge in [-0.1, -0.05) is 13.8 Å². The molecule has 0 amide bonds. The van der Waals surface area contributed by atoms with Crippen molar-refractivity contribution in [2.24, 2.45) is 10.1 Å². The molecule has 1 aliphatic heterocycles. The minimum absolute atomic E-state index is 0.0997. The lowest BCUT2D eigenvalue weighted by atomic mass is 9.92. The number of alkyl halides is 6. The molecule has 11 heteroatoms. The van der Waals surface area contributed by atoms with Gasteiger partial charge in [-0.15, -0.1) is 11.8 Å². The number of thioether (sulfide) groups is 1. The Hall–Kier alpha value is -2.22. The van der Waals surface area contributed by atoms with E-state index in [9.17, 15) is 26.3 Å². The van der Waals surface area contributed by atoms with Crippen molar-refractivity contribution in [2.75, 3.05) is 5.75 Å². The second kappa shape index (κ2) is 8.03. The van der Waals surface area contributed by atoms with Crippen molar-refractivity contribution in [1.82, 2.24) is 5.43 Å². The van der Waals surface area contributed by atoms with Crippen LogP contribution in [0.15, 0.2) is 28.3 Å². The van der Waals surface area contributed by atoms with Crippen LogP contribution in [0.4, 0.5) is 32.0 Å². The molecular weight excluding hydrogens is 406 g/mol. The standard InChI is InChI=1S/C17H16F6N4S/c1-3-15(8-13(26-27-15)17(21,22)23)14(28-4-2)25-11-6-5-10(9-24)12(7-11)16(18,19)20/h5-7,27H,3-4,8H2,1-2H3. The third kappa shape index (κ3) is 4.60. The molecule has 2 rings (SSSR count). The van der Waals surface area contributed by atoms with Crippen LogP contribution in [-0.4, -0.2) is 28.2 Å². The van der Waals surface area contributed by atoms with Gasteiger partial charge in [-0.25, -0.2) is 4.99 Å². The molecule has 4 nitrogen and oxygen atoms in total. The van der Waals surface area contributed by atoms with Gasteiger partial charge in [-0.2, -0.15) is 36.7 Å². The molecule has 0 bridgehead atoms. The third-order valence-electron chi connectivity index (χ3n) is 4.15. The van der Waals surface area contributed by atoms with Crippen LogP contribution in [0.2, 0.25) is 0 Å². The first-order chi connectivity index (χ1) is 13.0. The normalized spacial score (nSPS) is 20.5. The molecular formula is C17H16F6N4S. The Labute approximate surface area is 161 Å². The number of hydrogen-bond donors (Lipinski definition) is 1. The number of nitrogens with zero attached hydrogens (tertiary/aromatic N) is 3. The highest BCUT2D eigenvalue weighted by molar-refractivity contribution is 8.14. The summed E-state index contributed by atoms with van der Waals surface area (Å²) in [6.45, 7) is 3.40. The van der Waals surface area contributed by atoms with E-state index < -0.39 is 41.2 Å². The number of hydrogen-bond acceptors (Lipinski definition) is 5. The SMILES string of the molecule is CCSC(=Nc1ccc(C#N)c(C(F)(F)F)c1)C1(CC)CC(C(F)(F)F)=NN1. The summed E-state index contributed by atoms with van der Waals surface area (Å²) >= 11 is 1.13. The van der Waals surface area contributed by atoms with Gasteiger partial charge in [0.25, 0.3) is 0 Å². The minimum atomic E-state index is -4.75. The van der Waals surface area contributed by atoms with Crippen LogP contribution < -0.4 is 5.43 Å².